The van der Waals surface area contributed by atoms with Crippen molar-refractivity contribution in [1.29, 1.82) is 0 Å². The molecule has 2 nitrogen and oxygen atoms in total. The highest BCUT2D eigenvalue weighted by molar-refractivity contribution is 6.17. The molecule has 0 saturated heterocycles. The van der Waals surface area contributed by atoms with E-state index in [9.17, 15) is 13.6 Å². The number of para-hydroxylation sites is 1. The molecule has 4 aromatic rings. The van der Waals surface area contributed by atoms with Gasteiger partial charge in [-0.15, -0.1) is 0 Å². The van der Waals surface area contributed by atoms with E-state index in [1.165, 1.54) is 35.8 Å². The zero-order valence-electron chi connectivity index (χ0n) is 12.9. The van der Waals surface area contributed by atoms with E-state index in [-0.39, 0.29) is 11.7 Å². The second-order valence-corrected chi connectivity index (χ2v) is 5.72. The first-order valence-electron chi connectivity index (χ1n) is 7.56. The van der Waals surface area contributed by atoms with Gasteiger partial charge in [-0.1, -0.05) is 30.3 Å². The molecule has 0 aliphatic carbocycles. The second kappa shape index (κ2) is 5.27. The minimum Gasteiger partial charge on any atom is -0.279 e. The standard InChI is InChI=1S/C20H13F2NO/c1-12(24)23-19-11-15(22)9-10-17(19)18-4-2-3-16(20(18)23)13-5-7-14(21)8-6-13/h2-11H,1H3. The normalized spacial score (nSPS) is 11.3. The van der Waals surface area contributed by atoms with Crippen molar-refractivity contribution in [2.75, 3.05) is 0 Å². The molecule has 24 heavy (non-hydrogen) atoms. The molecule has 0 saturated carbocycles. The monoisotopic (exact) mass is 321 g/mol. The number of carbonyl (C=O) groups excluding carboxylic acids is 1. The number of fused-ring (bicyclic) bond motifs is 3. The summed E-state index contributed by atoms with van der Waals surface area (Å²) in [7, 11) is 0. The summed E-state index contributed by atoms with van der Waals surface area (Å²) in [6.45, 7) is 1.45. The molecular formula is C20H13F2NO. The lowest BCUT2D eigenvalue weighted by molar-refractivity contribution is 0.0946. The van der Waals surface area contributed by atoms with E-state index >= 15 is 0 Å². The summed E-state index contributed by atoms with van der Waals surface area (Å²) in [6.07, 6.45) is 0. The van der Waals surface area contributed by atoms with Crippen LogP contribution in [0.25, 0.3) is 32.9 Å². The molecule has 3 aromatic carbocycles. The van der Waals surface area contributed by atoms with Crippen molar-refractivity contribution in [3.05, 3.63) is 72.3 Å². The lowest BCUT2D eigenvalue weighted by Crippen LogP contribution is -2.05. The van der Waals surface area contributed by atoms with Gasteiger partial charge in [0.25, 0.3) is 0 Å². The number of benzene rings is 3. The van der Waals surface area contributed by atoms with E-state index in [4.69, 9.17) is 0 Å². The van der Waals surface area contributed by atoms with Crippen molar-refractivity contribution in [2.45, 2.75) is 6.92 Å². The van der Waals surface area contributed by atoms with Crippen molar-refractivity contribution < 1.29 is 13.6 Å². The van der Waals surface area contributed by atoms with Gasteiger partial charge < -0.3 is 0 Å². The van der Waals surface area contributed by atoms with Gasteiger partial charge in [0.2, 0.25) is 5.91 Å². The summed E-state index contributed by atoms with van der Waals surface area (Å²) < 4.78 is 28.5. The Balaban J connectivity index is 2.18. The van der Waals surface area contributed by atoms with Crippen LogP contribution in [0.1, 0.15) is 11.7 Å². The first-order chi connectivity index (χ1) is 11.6. The van der Waals surface area contributed by atoms with Crippen molar-refractivity contribution in [2.24, 2.45) is 0 Å². The smallest absolute Gasteiger partial charge is 0.228 e. The Morgan fingerprint density at radius 3 is 2.29 bits per heavy atom. The lowest BCUT2D eigenvalue weighted by Gasteiger charge is -2.08. The predicted molar refractivity (Wildman–Crippen MR) is 91.1 cm³/mol. The van der Waals surface area contributed by atoms with Crippen molar-refractivity contribution in [3.8, 4) is 11.1 Å². The third-order valence-corrected chi connectivity index (χ3v) is 4.22. The molecule has 0 spiro atoms. The minimum atomic E-state index is -0.392. The lowest BCUT2D eigenvalue weighted by atomic mass is 10.0. The van der Waals surface area contributed by atoms with Gasteiger partial charge in [0.15, 0.2) is 0 Å². The average molecular weight is 321 g/mol. The predicted octanol–water partition coefficient (Wildman–Crippen LogP) is 5.40. The van der Waals surface area contributed by atoms with Crippen molar-refractivity contribution in [1.82, 2.24) is 4.57 Å². The number of rotatable bonds is 1. The van der Waals surface area contributed by atoms with Crippen LogP contribution in [0.15, 0.2) is 60.7 Å². The zero-order chi connectivity index (χ0) is 16.8. The maximum atomic E-state index is 13.7. The van der Waals surface area contributed by atoms with E-state index < -0.39 is 5.82 Å². The van der Waals surface area contributed by atoms with Gasteiger partial charge in [-0.2, -0.15) is 0 Å². The number of aromatic nitrogens is 1. The highest BCUT2D eigenvalue weighted by Gasteiger charge is 2.17. The number of carbonyl (C=O) groups is 1. The molecule has 118 valence electrons. The fraction of sp³-hybridized carbons (Fsp3) is 0.0500. The molecule has 1 heterocycles. The Labute approximate surface area is 136 Å². The van der Waals surface area contributed by atoms with Crippen LogP contribution in [-0.4, -0.2) is 10.5 Å². The quantitative estimate of drug-likeness (QED) is 0.460. The number of hydrogen-bond donors (Lipinski definition) is 0. The van der Waals surface area contributed by atoms with Crippen molar-refractivity contribution >= 4 is 27.7 Å². The van der Waals surface area contributed by atoms with Gasteiger partial charge in [0.05, 0.1) is 11.0 Å². The summed E-state index contributed by atoms with van der Waals surface area (Å²) in [6, 6.07) is 16.2. The number of halogens is 2. The van der Waals surface area contributed by atoms with Crippen LogP contribution in [-0.2, 0) is 0 Å². The first kappa shape index (κ1) is 14.6. The highest BCUT2D eigenvalue weighted by Crippen LogP contribution is 2.36. The summed E-state index contributed by atoms with van der Waals surface area (Å²) in [4.78, 5) is 12.3. The molecular weight excluding hydrogens is 308 g/mol. The molecule has 0 N–H and O–H groups in total. The first-order valence-corrected chi connectivity index (χ1v) is 7.56. The Morgan fingerprint density at radius 2 is 1.58 bits per heavy atom. The van der Waals surface area contributed by atoms with Crippen LogP contribution in [0.5, 0.6) is 0 Å². The third-order valence-electron chi connectivity index (χ3n) is 4.22. The maximum Gasteiger partial charge on any atom is 0.228 e. The Morgan fingerprint density at radius 1 is 0.875 bits per heavy atom. The average Bonchev–Trinajstić information content (AvgIpc) is 2.89. The highest BCUT2D eigenvalue weighted by atomic mass is 19.1. The van der Waals surface area contributed by atoms with E-state index in [0.717, 1.165) is 21.9 Å². The third kappa shape index (κ3) is 2.11. The van der Waals surface area contributed by atoms with Gasteiger partial charge >= 0.3 is 0 Å². The molecule has 0 unspecified atom stereocenters. The minimum absolute atomic E-state index is 0.199. The van der Waals surface area contributed by atoms with Gasteiger partial charge in [-0.05, 0) is 35.9 Å². The molecule has 0 atom stereocenters. The van der Waals surface area contributed by atoms with Gasteiger partial charge in [-0.25, -0.2) is 8.78 Å². The molecule has 0 aliphatic rings. The molecule has 1 aromatic heterocycles. The van der Waals surface area contributed by atoms with E-state index in [2.05, 4.69) is 0 Å². The number of nitrogens with zero attached hydrogens (tertiary/aromatic N) is 1. The molecule has 4 rings (SSSR count). The zero-order valence-corrected chi connectivity index (χ0v) is 12.9. The van der Waals surface area contributed by atoms with Crippen LogP contribution in [0.2, 0.25) is 0 Å². The van der Waals surface area contributed by atoms with Crippen molar-refractivity contribution in [3.63, 3.8) is 0 Å². The van der Waals surface area contributed by atoms with Crippen LogP contribution in [0.4, 0.5) is 8.78 Å². The summed E-state index contributed by atoms with van der Waals surface area (Å²) in [5, 5.41) is 1.67. The van der Waals surface area contributed by atoms with Crippen LogP contribution in [0.3, 0.4) is 0 Å². The molecule has 0 radical (unpaired) electrons. The Kier molecular flexibility index (Phi) is 3.20. The van der Waals surface area contributed by atoms with Gasteiger partial charge in [0, 0.05) is 23.3 Å². The molecule has 0 amide bonds. The van der Waals surface area contributed by atoms with Crippen LogP contribution < -0.4 is 0 Å². The summed E-state index contributed by atoms with van der Waals surface area (Å²) in [5.41, 5.74) is 2.84. The SMILES string of the molecule is CC(=O)n1c2cc(F)ccc2c2cccc(-c3ccc(F)cc3)c21. The summed E-state index contributed by atoms with van der Waals surface area (Å²) in [5.74, 6) is -0.911. The van der Waals surface area contributed by atoms with Gasteiger partial charge in [0.1, 0.15) is 11.6 Å². The molecule has 0 fully saturated rings. The van der Waals surface area contributed by atoms with Crippen LogP contribution >= 0.6 is 0 Å². The molecule has 0 bridgehead atoms. The largest absolute Gasteiger partial charge is 0.279 e. The molecule has 4 heteroatoms. The van der Waals surface area contributed by atoms with Gasteiger partial charge in [-0.3, -0.25) is 9.36 Å². The number of hydrogen-bond acceptors (Lipinski definition) is 1. The summed E-state index contributed by atoms with van der Waals surface area (Å²) >= 11 is 0. The Hall–Kier alpha value is -3.01. The van der Waals surface area contributed by atoms with E-state index in [1.54, 1.807) is 18.2 Å². The van der Waals surface area contributed by atoms with Crippen LogP contribution in [0, 0.1) is 11.6 Å². The fourth-order valence-corrected chi connectivity index (χ4v) is 3.23. The fourth-order valence-electron chi connectivity index (χ4n) is 3.23. The second-order valence-electron chi connectivity index (χ2n) is 5.72. The van der Waals surface area contributed by atoms with E-state index in [0.29, 0.717) is 11.0 Å². The molecule has 0 aliphatic heterocycles. The Bertz CT molecular complexity index is 1090. The maximum absolute atomic E-state index is 13.7. The topological polar surface area (TPSA) is 22.0 Å². The van der Waals surface area contributed by atoms with E-state index in [1.807, 2.05) is 18.2 Å².